The maximum atomic E-state index is 6.00. The predicted octanol–water partition coefficient (Wildman–Crippen LogP) is 2.47. The molecule has 0 aromatic carbocycles. The van der Waals surface area contributed by atoms with Crippen molar-refractivity contribution in [3.8, 4) is 0 Å². The number of alkyl halides is 3. The molecule has 0 bridgehead atoms. The molecule has 0 aromatic heterocycles. The van der Waals surface area contributed by atoms with Gasteiger partial charge in [0.15, 0.2) is 0 Å². The van der Waals surface area contributed by atoms with Crippen LogP contribution in [0.15, 0.2) is 0 Å². The minimum absolute atomic E-state index is 0.564. The second-order valence-electron chi connectivity index (χ2n) is 3.05. The Kier molecular flexibility index (Phi) is 5.72. The normalized spacial score (nSPS) is 15.6. The summed E-state index contributed by atoms with van der Waals surface area (Å²) < 4.78 is 1.92. The summed E-state index contributed by atoms with van der Waals surface area (Å²) in [6.45, 7) is 6.77. The van der Waals surface area contributed by atoms with E-state index < -0.39 is 19.8 Å². The summed E-state index contributed by atoms with van der Waals surface area (Å²) in [5.41, 5.74) is 6.00. The van der Waals surface area contributed by atoms with E-state index in [1.807, 2.05) is 0 Å². The quantitative estimate of drug-likeness (QED) is 0.467. The van der Waals surface area contributed by atoms with E-state index in [1.165, 1.54) is 10.8 Å². The fraction of sp³-hybridized carbons (Fsp3) is 1.00. The van der Waals surface area contributed by atoms with Gasteiger partial charge in [-0.05, 0) is 0 Å². The number of rotatable bonds is 4. The summed E-state index contributed by atoms with van der Waals surface area (Å²) in [4.78, 5) is 2.39. The van der Waals surface area contributed by atoms with Crippen LogP contribution in [-0.2, 0) is 0 Å². The second kappa shape index (κ2) is 5.35. The maximum absolute atomic E-state index is 6.00. The Morgan fingerprint density at radius 3 is 2.20 bits per heavy atom. The van der Waals surface area contributed by atoms with E-state index in [0.717, 1.165) is 5.92 Å². The van der Waals surface area contributed by atoms with Crippen molar-refractivity contribution in [2.45, 2.75) is 31.2 Å². The first-order valence-electron chi connectivity index (χ1n) is 3.88. The zero-order chi connectivity index (χ0) is 8.15. The first-order chi connectivity index (χ1) is 4.57. The molecule has 64 valence electrons. The van der Waals surface area contributed by atoms with Crippen molar-refractivity contribution >= 4 is 19.8 Å². The molecule has 0 saturated carbocycles. The van der Waals surface area contributed by atoms with Crippen molar-refractivity contribution in [3.05, 3.63) is 0 Å². The molecule has 0 rings (SSSR count). The molecular weight excluding hydrogens is 237 g/mol. The fourth-order valence-corrected chi connectivity index (χ4v) is 3.82. The monoisotopic (exact) mass is 257 g/mol. The summed E-state index contributed by atoms with van der Waals surface area (Å²) in [5.74, 6) is 0.779. The van der Waals surface area contributed by atoms with Gasteiger partial charge in [0, 0.05) is 0 Å². The third-order valence-corrected chi connectivity index (χ3v) is 7.24. The van der Waals surface area contributed by atoms with E-state index in [9.17, 15) is 0 Å². The summed E-state index contributed by atoms with van der Waals surface area (Å²) in [6, 6.07) is 0. The van der Waals surface area contributed by atoms with Gasteiger partial charge in [-0.1, -0.05) is 0 Å². The topological polar surface area (TPSA) is 26.0 Å². The zero-order valence-electron chi connectivity index (χ0n) is 7.52. The van der Waals surface area contributed by atoms with Crippen LogP contribution in [0.4, 0.5) is 0 Å². The third-order valence-electron chi connectivity index (χ3n) is 1.60. The molecule has 1 atom stereocenters. The zero-order valence-corrected chi connectivity index (χ0v) is 9.68. The Hall–Kier alpha value is 0.690. The van der Waals surface area contributed by atoms with Gasteiger partial charge in [0.1, 0.15) is 0 Å². The van der Waals surface area contributed by atoms with Crippen molar-refractivity contribution in [1.82, 2.24) is 0 Å². The molecule has 0 heterocycles. The van der Waals surface area contributed by atoms with Crippen LogP contribution < -0.4 is 5.73 Å². The Morgan fingerprint density at radius 2 is 1.90 bits per heavy atom. The standard InChI is InChI=1S/C8H20IN/c1-5-9(4)8(10)6-7(2)3/h7-8H,5-6,10H2,1-4H3. The number of hydrogen-bond acceptors (Lipinski definition) is 1. The fourth-order valence-electron chi connectivity index (χ4n) is 0.801. The number of nitrogens with two attached hydrogens (primary N) is 1. The van der Waals surface area contributed by atoms with Crippen molar-refractivity contribution in [2.75, 3.05) is 9.36 Å². The number of halogens is 1. The molecule has 10 heavy (non-hydrogen) atoms. The van der Waals surface area contributed by atoms with Crippen LogP contribution in [0.25, 0.3) is 0 Å². The third kappa shape index (κ3) is 4.50. The van der Waals surface area contributed by atoms with Gasteiger partial charge >= 0.3 is 72.1 Å². The van der Waals surface area contributed by atoms with E-state index in [1.54, 1.807) is 0 Å². The Balaban J connectivity index is 3.50. The predicted molar refractivity (Wildman–Crippen MR) is 57.9 cm³/mol. The van der Waals surface area contributed by atoms with E-state index >= 15 is 0 Å². The van der Waals surface area contributed by atoms with Gasteiger partial charge in [-0.15, -0.1) is 0 Å². The van der Waals surface area contributed by atoms with Gasteiger partial charge in [0.25, 0.3) is 0 Å². The van der Waals surface area contributed by atoms with Crippen LogP contribution in [0.3, 0.4) is 0 Å². The molecule has 0 aliphatic heterocycles. The van der Waals surface area contributed by atoms with Crippen molar-refractivity contribution in [3.63, 3.8) is 0 Å². The van der Waals surface area contributed by atoms with Crippen LogP contribution in [0.1, 0.15) is 27.2 Å². The van der Waals surface area contributed by atoms with Crippen molar-refractivity contribution < 1.29 is 0 Å². The number of hydrogen-bond donors (Lipinski definition) is 1. The van der Waals surface area contributed by atoms with Crippen LogP contribution >= 0.6 is 19.8 Å². The summed E-state index contributed by atoms with van der Waals surface area (Å²) in [7, 11) is 0. The minimum atomic E-state index is -0.712. The molecule has 0 spiro atoms. The molecular formula is C8H20IN. The molecule has 0 radical (unpaired) electrons. The molecule has 0 aromatic rings. The molecule has 1 unspecified atom stereocenters. The summed E-state index contributed by atoms with van der Waals surface area (Å²) >= 11 is -0.712. The van der Waals surface area contributed by atoms with Crippen LogP contribution in [0.2, 0.25) is 0 Å². The Morgan fingerprint density at radius 1 is 1.40 bits per heavy atom. The molecule has 0 amide bonds. The average Bonchev–Trinajstić information content (AvgIpc) is 1.85. The van der Waals surface area contributed by atoms with Gasteiger partial charge in [0.05, 0.1) is 0 Å². The van der Waals surface area contributed by atoms with E-state index in [4.69, 9.17) is 5.73 Å². The first-order valence-corrected chi connectivity index (χ1v) is 8.80. The average molecular weight is 257 g/mol. The van der Waals surface area contributed by atoms with Crippen LogP contribution in [0.5, 0.6) is 0 Å². The van der Waals surface area contributed by atoms with Crippen LogP contribution in [-0.4, -0.2) is 13.4 Å². The summed E-state index contributed by atoms with van der Waals surface area (Å²) in [5, 5.41) is 0. The second-order valence-corrected chi connectivity index (χ2v) is 9.83. The van der Waals surface area contributed by atoms with E-state index in [0.29, 0.717) is 4.05 Å². The van der Waals surface area contributed by atoms with Gasteiger partial charge in [-0.25, -0.2) is 0 Å². The van der Waals surface area contributed by atoms with Gasteiger partial charge < -0.3 is 0 Å². The molecule has 0 saturated heterocycles. The Labute approximate surface area is 72.1 Å². The molecule has 2 N–H and O–H groups in total. The Bertz CT molecular complexity index is 83.3. The molecule has 0 fully saturated rings. The molecule has 0 aliphatic carbocycles. The van der Waals surface area contributed by atoms with Gasteiger partial charge in [-0.2, -0.15) is 0 Å². The van der Waals surface area contributed by atoms with Gasteiger partial charge in [0.2, 0.25) is 0 Å². The first kappa shape index (κ1) is 10.7. The van der Waals surface area contributed by atoms with E-state index in [2.05, 4.69) is 25.7 Å². The van der Waals surface area contributed by atoms with Crippen molar-refractivity contribution in [1.29, 1.82) is 0 Å². The van der Waals surface area contributed by atoms with E-state index in [-0.39, 0.29) is 0 Å². The van der Waals surface area contributed by atoms with Gasteiger partial charge in [-0.3, -0.25) is 0 Å². The van der Waals surface area contributed by atoms with Crippen molar-refractivity contribution in [2.24, 2.45) is 11.7 Å². The molecule has 2 heteroatoms. The SMILES string of the molecule is CCI(C)C(N)CC(C)C. The molecule has 0 aliphatic rings. The molecule has 1 nitrogen and oxygen atoms in total. The summed E-state index contributed by atoms with van der Waals surface area (Å²) in [6.07, 6.45) is 1.23. The van der Waals surface area contributed by atoms with Crippen LogP contribution in [0, 0.1) is 5.92 Å².